The van der Waals surface area contributed by atoms with E-state index in [0.29, 0.717) is 24.4 Å². The van der Waals surface area contributed by atoms with Gasteiger partial charge in [-0.3, -0.25) is 9.10 Å². The second-order valence-electron chi connectivity index (χ2n) is 6.40. The molecule has 0 bridgehead atoms. The van der Waals surface area contributed by atoms with Gasteiger partial charge in [-0.1, -0.05) is 29.8 Å². The fourth-order valence-electron chi connectivity index (χ4n) is 2.61. The molecule has 0 saturated heterocycles. The van der Waals surface area contributed by atoms with Crippen LogP contribution in [0.25, 0.3) is 0 Å². The lowest BCUT2D eigenvalue weighted by molar-refractivity contribution is -0.121. The van der Waals surface area contributed by atoms with Crippen LogP contribution < -0.4 is 14.4 Å². The van der Waals surface area contributed by atoms with Crippen LogP contribution in [-0.2, 0) is 21.4 Å². The SMILES string of the molecule is COc1ccc(N(CCCC(=O)NCc2ccc(C)cc2)S(C)(=O)=O)cc1. The van der Waals surface area contributed by atoms with E-state index in [9.17, 15) is 13.2 Å². The predicted molar refractivity (Wildman–Crippen MR) is 107 cm³/mol. The number of aryl methyl sites for hydroxylation is 1. The fraction of sp³-hybridized carbons (Fsp3) is 0.350. The molecule has 2 aromatic rings. The Bertz CT molecular complexity index is 847. The Labute approximate surface area is 161 Å². The Morgan fingerprint density at radius 2 is 1.70 bits per heavy atom. The zero-order chi connectivity index (χ0) is 19.9. The summed E-state index contributed by atoms with van der Waals surface area (Å²) in [4.78, 5) is 12.0. The molecule has 1 N–H and O–H groups in total. The first-order chi connectivity index (χ1) is 12.8. The van der Waals surface area contributed by atoms with Crippen LogP contribution in [0, 0.1) is 6.92 Å². The lowest BCUT2D eigenvalue weighted by Gasteiger charge is -2.22. The summed E-state index contributed by atoms with van der Waals surface area (Å²) in [7, 11) is -1.88. The van der Waals surface area contributed by atoms with Crippen LogP contribution in [0.2, 0.25) is 0 Å². The molecule has 0 radical (unpaired) electrons. The minimum Gasteiger partial charge on any atom is -0.497 e. The molecule has 2 aromatic carbocycles. The fourth-order valence-corrected chi connectivity index (χ4v) is 3.58. The van der Waals surface area contributed by atoms with E-state index in [1.165, 1.54) is 9.87 Å². The number of amides is 1. The molecule has 0 atom stereocenters. The molecule has 0 aliphatic carbocycles. The van der Waals surface area contributed by atoms with Crippen LogP contribution in [0.5, 0.6) is 5.75 Å². The van der Waals surface area contributed by atoms with Crippen LogP contribution in [-0.4, -0.2) is 34.2 Å². The molecular weight excluding hydrogens is 364 g/mol. The van der Waals surface area contributed by atoms with E-state index >= 15 is 0 Å². The van der Waals surface area contributed by atoms with Gasteiger partial charge in [-0.2, -0.15) is 0 Å². The molecule has 6 nitrogen and oxygen atoms in total. The van der Waals surface area contributed by atoms with Crippen molar-refractivity contribution >= 4 is 21.6 Å². The van der Waals surface area contributed by atoms with Gasteiger partial charge in [-0.05, 0) is 43.2 Å². The number of hydrogen-bond donors (Lipinski definition) is 1. The Hall–Kier alpha value is -2.54. The molecule has 1 amide bonds. The number of rotatable bonds is 9. The topological polar surface area (TPSA) is 75.7 Å². The van der Waals surface area contributed by atoms with Gasteiger partial charge in [0.25, 0.3) is 0 Å². The Balaban J connectivity index is 1.87. The number of carbonyl (C=O) groups is 1. The number of anilines is 1. The van der Waals surface area contributed by atoms with Crippen molar-refractivity contribution in [3.05, 3.63) is 59.7 Å². The molecule has 0 heterocycles. The molecule has 0 spiro atoms. The van der Waals surface area contributed by atoms with Gasteiger partial charge in [-0.25, -0.2) is 8.42 Å². The van der Waals surface area contributed by atoms with Crippen LogP contribution in [0.15, 0.2) is 48.5 Å². The van der Waals surface area contributed by atoms with Crippen LogP contribution >= 0.6 is 0 Å². The molecular formula is C20H26N2O4S. The standard InChI is InChI=1S/C20H26N2O4S/c1-16-6-8-17(9-7-16)15-21-20(23)5-4-14-22(27(3,24)25)18-10-12-19(26-2)13-11-18/h6-13H,4-5,14-15H2,1-3H3,(H,21,23). The number of ether oxygens (including phenoxy) is 1. The van der Waals surface area contributed by atoms with Gasteiger partial charge < -0.3 is 10.1 Å². The summed E-state index contributed by atoms with van der Waals surface area (Å²) in [6.45, 7) is 2.72. The predicted octanol–water partition coefficient (Wildman–Crippen LogP) is 2.87. The van der Waals surface area contributed by atoms with E-state index in [0.717, 1.165) is 11.8 Å². The van der Waals surface area contributed by atoms with E-state index in [1.807, 2.05) is 31.2 Å². The first kappa shape index (κ1) is 20.8. The van der Waals surface area contributed by atoms with E-state index in [2.05, 4.69) is 5.32 Å². The second-order valence-corrected chi connectivity index (χ2v) is 8.31. The quantitative estimate of drug-likeness (QED) is 0.714. The van der Waals surface area contributed by atoms with Crippen molar-refractivity contribution in [3.8, 4) is 5.75 Å². The number of benzene rings is 2. The molecule has 0 saturated carbocycles. The highest BCUT2D eigenvalue weighted by atomic mass is 32.2. The molecule has 0 aliphatic rings. The summed E-state index contributed by atoms with van der Waals surface area (Å²) in [5.41, 5.74) is 2.76. The second kappa shape index (κ2) is 9.41. The lowest BCUT2D eigenvalue weighted by Crippen LogP contribution is -2.32. The normalized spacial score (nSPS) is 11.1. The van der Waals surface area contributed by atoms with Crippen LogP contribution in [0.4, 0.5) is 5.69 Å². The number of hydrogen-bond acceptors (Lipinski definition) is 4. The van der Waals surface area contributed by atoms with E-state index < -0.39 is 10.0 Å². The van der Waals surface area contributed by atoms with Gasteiger partial charge in [0, 0.05) is 19.5 Å². The van der Waals surface area contributed by atoms with Crippen molar-refractivity contribution in [1.82, 2.24) is 5.32 Å². The van der Waals surface area contributed by atoms with Crippen molar-refractivity contribution in [2.45, 2.75) is 26.3 Å². The van der Waals surface area contributed by atoms with Crippen molar-refractivity contribution < 1.29 is 17.9 Å². The number of nitrogens with one attached hydrogen (secondary N) is 1. The monoisotopic (exact) mass is 390 g/mol. The number of nitrogens with zero attached hydrogens (tertiary/aromatic N) is 1. The highest BCUT2D eigenvalue weighted by molar-refractivity contribution is 7.92. The molecule has 0 fully saturated rings. The summed E-state index contributed by atoms with van der Waals surface area (Å²) < 4.78 is 30.6. The first-order valence-corrected chi connectivity index (χ1v) is 10.6. The van der Waals surface area contributed by atoms with Gasteiger partial charge >= 0.3 is 0 Å². The van der Waals surface area contributed by atoms with Crippen molar-refractivity contribution in [2.24, 2.45) is 0 Å². The highest BCUT2D eigenvalue weighted by Gasteiger charge is 2.17. The third kappa shape index (κ3) is 6.60. The molecule has 2 rings (SSSR count). The van der Waals surface area contributed by atoms with Crippen LogP contribution in [0.3, 0.4) is 0 Å². The van der Waals surface area contributed by atoms with Gasteiger partial charge in [0.15, 0.2) is 0 Å². The maximum absolute atomic E-state index is 12.1. The highest BCUT2D eigenvalue weighted by Crippen LogP contribution is 2.21. The van der Waals surface area contributed by atoms with Crippen molar-refractivity contribution in [3.63, 3.8) is 0 Å². The van der Waals surface area contributed by atoms with E-state index in [1.54, 1.807) is 31.4 Å². The third-order valence-corrected chi connectivity index (χ3v) is 5.33. The summed E-state index contributed by atoms with van der Waals surface area (Å²) >= 11 is 0. The molecule has 0 aromatic heterocycles. The Morgan fingerprint density at radius 3 is 2.26 bits per heavy atom. The van der Waals surface area contributed by atoms with Crippen molar-refractivity contribution in [2.75, 3.05) is 24.2 Å². The number of carbonyl (C=O) groups excluding carboxylic acids is 1. The Kier molecular flexibility index (Phi) is 7.24. The minimum atomic E-state index is -3.43. The number of methoxy groups -OCH3 is 1. The lowest BCUT2D eigenvalue weighted by atomic mass is 10.1. The maximum Gasteiger partial charge on any atom is 0.232 e. The smallest absolute Gasteiger partial charge is 0.232 e. The summed E-state index contributed by atoms with van der Waals surface area (Å²) in [5.74, 6) is 0.557. The first-order valence-electron chi connectivity index (χ1n) is 8.73. The molecule has 7 heteroatoms. The molecule has 0 unspecified atom stereocenters. The summed E-state index contributed by atoms with van der Waals surface area (Å²) in [5, 5.41) is 2.86. The van der Waals surface area contributed by atoms with Gasteiger partial charge in [-0.15, -0.1) is 0 Å². The third-order valence-electron chi connectivity index (χ3n) is 4.14. The number of sulfonamides is 1. The summed E-state index contributed by atoms with van der Waals surface area (Å²) in [6, 6.07) is 14.8. The minimum absolute atomic E-state index is 0.0984. The molecule has 0 aliphatic heterocycles. The van der Waals surface area contributed by atoms with Gasteiger partial charge in [0.2, 0.25) is 15.9 Å². The van der Waals surface area contributed by atoms with Crippen molar-refractivity contribution in [1.29, 1.82) is 0 Å². The zero-order valence-corrected chi connectivity index (χ0v) is 16.8. The average molecular weight is 391 g/mol. The molecule has 146 valence electrons. The Morgan fingerprint density at radius 1 is 1.07 bits per heavy atom. The van der Waals surface area contributed by atoms with Crippen LogP contribution in [0.1, 0.15) is 24.0 Å². The van der Waals surface area contributed by atoms with Gasteiger partial charge in [0.1, 0.15) is 5.75 Å². The zero-order valence-electron chi connectivity index (χ0n) is 15.9. The molecule has 27 heavy (non-hydrogen) atoms. The van der Waals surface area contributed by atoms with E-state index in [-0.39, 0.29) is 18.9 Å². The van der Waals surface area contributed by atoms with Gasteiger partial charge in [0.05, 0.1) is 19.1 Å². The largest absolute Gasteiger partial charge is 0.497 e. The summed E-state index contributed by atoms with van der Waals surface area (Å²) in [6.07, 6.45) is 1.85. The van der Waals surface area contributed by atoms with E-state index in [4.69, 9.17) is 4.74 Å². The average Bonchev–Trinajstić information content (AvgIpc) is 2.64. The maximum atomic E-state index is 12.1.